The van der Waals surface area contributed by atoms with Gasteiger partial charge in [-0.15, -0.1) is 5.10 Å². The predicted molar refractivity (Wildman–Crippen MR) is 121 cm³/mol. The second-order valence-corrected chi connectivity index (χ2v) is 8.37. The molecule has 5 aromatic rings. The fraction of sp³-hybridized carbons (Fsp3) is 0.174. The van der Waals surface area contributed by atoms with E-state index >= 15 is 0 Å². The normalized spacial score (nSPS) is 14.1. The van der Waals surface area contributed by atoms with Crippen molar-refractivity contribution < 1.29 is 13.5 Å². The number of ether oxygens (including phenoxy) is 1. The van der Waals surface area contributed by atoms with Crippen molar-refractivity contribution in [2.45, 2.75) is 13.1 Å². The Kier molecular flexibility index (Phi) is 5.16. The van der Waals surface area contributed by atoms with Crippen LogP contribution in [0.25, 0.3) is 33.7 Å². The highest BCUT2D eigenvalue weighted by Crippen LogP contribution is 2.39. The van der Waals surface area contributed by atoms with Crippen LogP contribution < -0.4 is 4.74 Å². The molecule has 1 aliphatic rings. The van der Waals surface area contributed by atoms with Crippen molar-refractivity contribution in [2.75, 3.05) is 13.2 Å². The summed E-state index contributed by atoms with van der Waals surface area (Å²) in [4.78, 5) is 10.9. The average molecular weight is 478 g/mol. The average Bonchev–Trinajstić information content (AvgIpc) is 3.46. The van der Waals surface area contributed by atoms with Gasteiger partial charge in [-0.1, -0.05) is 11.6 Å². The number of rotatable bonds is 4. The number of nitrogens with one attached hydrogen (secondary N) is 1. The molecule has 2 aromatic carbocycles. The largest absolute Gasteiger partial charge is 0.490 e. The van der Waals surface area contributed by atoms with Crippen molar-refractivity contribution in [2.24, 2.45) is 0 Å². The number of halogens is 2. The highest BCUT2D eigenvalue weighted by atomic mass is 35.5. The van der Waals surface area contributed by atoms with E-state index in [4.69, 9.17) is 20.8 Å². The minimum Gasteiger partial charge on any atom is -0.490 e. The number of benzene rings is 2. The van der Waals surface area contributed by atoms with E-state index in [0.717, 1.165) is 27.6 Å². The van der Waals surface area contributed by atoms with Crippen molar-refractivity contribution in [3.05, 3.63) is 71.0 Å². The molecule has 0 spiro atoms. The first-order valence-corrected chi connectivity index (χ1v) is 10.9. The maximum absolute atomic E-state index is 13.6. The van der Waals surface area contributed by atoms with Gasteiger partial charge in [-0.25, -0.2) is 19.5 Å². The molecule has 0 bridgehead atoms. The molecule has 0 saturated carbocycles. The van der Waals surface area contributed by atoms with Crippen LogP contribution in [-0.2, 0) is 13.1 Å². The molecule has 4 heterocycles. The zero-order chi connectivity index (χ0) is 23.1. The number of aromatic amines is 1. The van der Waals surface area contributed by atoms with Gasteiger partial charge in [0.1, 0.15) is 23.8 Å². The second-order valence-electron chi connectivity index (χ2n) is 7.96. The molecule has 34 heavy (non-hydrogen) atoms. The van der Waals surface area contributed by atoms with Crippen LogP contribution >= 0.6 is 11.6 Å². The molecule has 0 radical (unpaired) electrons. The first-order valence-electron chi connectivity index (χ1n) is 10.5. The molecule has 1 N–H and O–H groups in total. The highest BCUT2D eigenvalue weighted by Gasteiger charge is 2.21. The highest BCUT2D eigenvalue weighted by molar-refractivity contribution is 6.32. The van der Waals surface area contributed by atoms with E-state index < -0.39 is 0 Å². The zero-order valence-electron chi connectivity index (χ0n) is 17.7. The Morgan fingerprint density at radius 3 is 2.85 bits per heavy atom. The lowest BCUT2D eigenvalue weighted by molar-refractivity contribution is 0.219. The van der Waals surface area contributed by atoms with Gasteiger partial charge in [0.05, 0.1) is 11.3 Å². The molecule has 0 saturated heterocycles. The predicted octanol–water partition coefficient (Wildman–Crippen LogP) is 4.26. The summed E-state index contributed by atoms with van der Waals surface area (Å²) in [5, 5.41) is 14.9. The Labute approximate surface area is 197 Å². The third-order valence-electron chi connectivity index (χ3n) is 5.69. The van der Waals surface area contributed by atoms with Crippen LogP contribution in [0, 0.1) is 5.82 Å². The number of furan rings is 1. The SMILES string of the molecule is Fc1ccc2c(-c3cc(Cl)c4c(c3)CN(Cc3cnc(-c5nnn[nH]5)nc3)CCO4)coc2c1. The van der Waals surface area contributed by atoms with Gasteiger partial charge in [-0.3, -0.25) is 4.90 Å². The number of tetrazole rings is 1. The van der Waals surface area contributed by atoms with Crippen LogP contribution in [0.5, 0.6) is 5.75 Å². The molecule has 11 heteroatoms. The van der Waals surface area contributed by atoms with E-state index in [2.05, 4.69) is 35.5 Å². The molecule has 3 aromatic heterocycles. The Morgan fingerprint density at radius 1 is 1.15 bits per heavy atom. The van der Waals surface area contributed by atoms with E-state index in [-0.39, 0.29) is 5.82 Å². The summed E-state index contributed by atoms with van der Waals surface area (Å²) in [5.41, 5.74) is 4.13. The van der Waals surface area contributed by atoms with Crippen molar-refractivity contribution in [3.63, 3.8) is 0 Å². The summed E-state index contributed by atoms with van der Waals surface area (Å²) in [7, 11) is 0. The van der Waals surface area contributed by atoms with E-state index in [9.17, 15) is 4.39 Å². The minimum absolute atomic E-state index is 0.341. The second kappa shape index (κ2) is 8.47. The van der Waals surface area contributed by atoms with Gasteiger partial charge < -0.3 is 9.15 Å². The van der Waals surface area contributed by atoms with Crippen molar-refractivity contribution in [1.29, 1.82) is 0 Å². The van der Waals surface area contributed by atoms with Crippen LogP contribution in [-0.4, -0.2) is 48.6 Å². The number of aromatic nitrogens is 6. The van der Waals surface area contributed by atoms with Crippen molar-refractivity contribution in [1.82, 2.24) is 35.5 Å². The van der Waals surface area contributed by atoms with Gasteiger partial charge in [-0.05, 0) is 40.3 Å². The number of hydrogen-bond donors (Lipinski definition) is 1. The molecule has 0 atom stereocenters. The molecular weight excluding hydrogens is 461 g/mol. The monoisotopic (exact) mass is 477 g/mol. The molecule has 0 aliphatic carbocycles. The Morgan fingerprint density at radius 2 is 2.03 bits per heavy atom. The lowest BCUT2D eigenvalue weighted by Crippen LogP contribution is -2.25. The van der Waals surface area contributed by atoms with Gasteiger partial charge in [0.25, 0.3) is 0 Å². The van der Waals surface area contributed by atoms with E-state index in [0.29, 0.717) is 54.2 Å². The summed E-state index contributed by atoms with van der Waals surface area (Å²) >= 11 is 6.61. The topological polar surface area (TPSA) is 106 Å². The first-order chi connectivity index (χ1) is 16.6. The Balaban J connectivity index is 1.28. The molecule has 9 nitrogen and oxygen atoms in total. The smallest absolute Gasteiger partial charge is 0.217 e. The number of H-pyrrole nitrogens is 1. The number of hydrogen-bond acceptors (Lipinski definition) is 8. The number of nitrogens with zero attached hydrogens (tertiary/aromatic N) is 6. The van der Waals surface area contributed by atoms with Gasteiger partial charge in [-0.2, -0.15) is 0 Å². The van der Waals surface area contributed by atoms with Gasteiger partial charge in [0.2, 0.25) is 5.82 Å². The van der Waals surface area contributed by atoms with Crippen LogP contribution in [0.4, 0.5) is 4.39 Å². The quantitative estimate of drug-likeness (QED) is 0.409. The summed E-state index contributed by atoms with van der Waals surface area (Å²) < 4.78 is 25.1. The van der Waals surface area contributed by atoms with Gasteiger partial charge in [0.15, 0.2) is 5.82 Å². The molecule has 0 amide bonds. The summed E-state index contributed by atoms with van der Waals surface area (Å²) in [6.45, 7) is 2.47. The maximum atomic E-state index is 13.6. The third-order valence-corrected chi connectivity index (χ3v) is 5.97. The van der Waals surface area contributed by atoms with Crippen LogP contribution in [0.15, 0.2) is 53.4 Å². The van der Waals surface area contributed by atoms with Gasteiger partial charge >= 0.3 is 0 Å². The number of fused-ring (bicyclic) bond motifs is 2. The van der Waals surface area contributed by atoms with Crippen LogP contribution in [0.1, 0.15) is 11.1 Å². The van der Waals surface area contributed by atoms with E-state index in [1.807, 2.05) is 12.1 Å². The molecule has 0 unspecified atom stereocenters. The Bertz CT molecular complexity index is 1470. The summed E-state index contributed by atoms with van der Waals surface area (Å²) in [6.07, 6.45) is 5.15. The van der Waals surface area contributed by atoms with Crippen LogP contribution in [0.2, 0.25) is 5.02 Å². The van der Waals surface area contributed by atoms with Gasteiger partial charge in [0, 0.05) is 60.2 Å². The molecule has 170 valence electrons. The molecule has 0 fully saturated rings. The molecular formula is C23H17ClFN7O2. The molecule has 1 aliphatic heterocycles. The standard InChI is InChI=1S/C23H17ClFN7O2/c24-19-6-14(18-12-34-20-7-16(25)1-2-17(18)20)5-15-11-32(3-4-33-21(15)19)10-13-8-26-22(27-9-13)23-28-30-31-29-23/h1-2,5-9,12H,3-4,10-11H2,(H,28,29,30,31). The fourth-order valence-electron chi connectivity index (χ4n) is 4.11. The minimum atomic E-state index is -0.341. The van der Waals surface area contributed by atoms with Crippen molar-refractivity contribution >= 4 is 22.6 Å². The van der Waals surface area contributed by atoms with E-state index in [1.54, 1.807) is 24.7 Å². The first kappa shape index (κ1) is 20.7. The Hall–Kier alpha value is -3.89. The zero-order valence-corrected chi connectivity index (χ0v) is 18.5. The third kappa shape index (κ3) is 3.87. The van der Waals surface area contributed by atoms with Crippen LogP contribution in [0.3, 0.4) is 0 Å². The summed E-state index contributed by atoms with van der Waals surface area (Å²) in [6, 6.07) is 8.41. The lowest BCUT2D eigenvalue weighted by Gasteiger charge is -2.19. The lowest BCUT2D eigenvalue weighted by atomic mass is 10.0. The maximum Gasteiger partial charge on any atom is 0.217 e. The van der Waals surface area contributed by atoms with Crippen molar-refractivity contribution in [3.8, 4) is 28.5 Å². The fourth-order valence-corrected chi connectivity index (χ4v) is 4.41. The summed E-state index contributed by atoms with van der Waals surface area (Å²) in [5.74, 6) is 1.19. The van der Waals surface area contributed by atoms with E-state index in [1.165, 1.54) is 12.1 Å². The molecule has 6 rings (SSSR count).